The van der Waals surface area contributed by atoms with Gasteiger partial charge in [-0.25, -0.2) is 0 Å². The molecule has 1 aromatic heterocycles. The van der Waals surface area contributed by atoms with Gasteiger partial charge in [0.2, 0.25) is 0 Å². The van der Waals surface area contributed by atoms with Crippen molar-refractivity contribution in [2.75, 3.05) is 5.73 Å². The highest BCUT2D eigenvalue weighted by molar-refractivity contribution is 9.09. The van der Waals surface area contributed by atoms with Gasteiger partial charge in [0, 0.05) is 28.8 Å². The maximum atomic E-state index is 5.58. The molecular formula is C8H11BrN2. The van der Waals surface area contributed by atoms with Crippen LogP contribution in [-0.4, -0.2) is 9.81 Å². The van der Waals surface area contributed by atoms with Crippen molar-refractivity contribution in [3.63, 3.8) is 0 Å². The molecule has 0 spiro atoms. The molecule has 0 aliphatic carbocycles. The summed E-state index contributed by atoms with van der Waals surface area (Å²) < 4.78 is 0. The first-order chi connectivity index (χ1) is 5.18. The highest BCUT2D eigenvalue weighted by Crippen LogP contribution is 2.09. The summed E-state index contributed by atoms with van der Waals surface area (Å²) in [6, 6.07) is 3.69. The fourth-order valence-corrected chi connectivity index (χ4v) is 1.23. The van der Waals surface area contributed by atoms with Crippen LogP contribution in [0, 0.1) is 0 Å². The Balaban J connectivity index is 2.71. The van der Waals surface area contributed by atoms with Gasteiger partial charge in [-0.2, -0.15) is 0 Å². The van der Waals surface area contributed by atoms with Gasteiger partial charge in [0.25, 0.3) is 0 Å². The average Bonchev–Trinajstić information content (AvgIpc) is 1.85. The average molecular weight is 215 g/mol. The molecule has 60 valence electrons. The molecule has 0 amide bonds. The summed E-state index contributed by atoms with van der Waals surface area (Å²) in [7, 11) is 0. The third-order valence-corrected chi connectivity index (χ3v) is 1.65. The van der Waals surface area contributed by atoms with E-state index in [9.17, 15) is 0 Å². The van der Waals surface area contributed by atoms with Crippen LogP contribution in [0.3, 0.4) is 0 Å². The summed E-state index contributed by atoms with van der Waals surface area (Å²) in [5.41, 5.74) is 7.40. The molecule has 0 saturated carbocycles. The zero-order chi connectivity index (χ0) is 8.27. The topological polar surface area (TPSA) is 38.9 Å². The van der Waals surface area contributed by atoms with Gasteiger partial charge in [-0.05, 0) is 12.1 Å². The number of hydrogen-bond acceptors (Lipinski definition) is 2. The Hall–Kier alpha value is -0.570. The predicted molar refractivity (Wildman–Crippen MR) is 50.7 cm³/mol. The van der Waals surface area contributed by atoms with E-state index in [4.69, 9.17) is 5.73 Å². The molecule has 0 fully saturated rings. The standard InChI is InChI=1S/C8H11BrN2/c1-6(9)4-8-5-7(10)2-3-11-8/h2-3,5-6H,4H2,1H3,(H2,10,11)/t6-/m1/s1. The second-order valence-electron chi connectivity index (χ2n) is 2.57. The monoisotopic (exact) mass is 214 g/mol. The molecule has 1 aromatic rings. The fraction of sp³-hybridized carbons (Fsp3) is 0.375. The minimum absolute atomic E-state index is 0.455. The van der Waals surface area contributed by atoms with Crippen molar-refractivity contribution in [1.82, 2.24) is 4.98 Å². The van der Waals surface area contributed by atoms with Crippen LogP contribution in [0.4, 0.5) is 5.69 Å². The number of aromatic nitrogens is 1. The van der Waals surface area contributed by atoms with Crippen molar-refractivity contribution in [2.45, 2.75) is 18.2 Å². The van der Waals surface area contributed by atoms with Gasteiger partial charge >= 0.3 is 0 Å². The second-order valence-corrected chi connectivity index (χ2v) is 4.13. The molecule has 1 rings (SSSR count). The summed E-state index contributed by atoms with van der Waals surface area (Å²) in [6.07, 6.45) is 2.66. The largest absolute Gasteiger partial charge is 0.399 e. The molecule has 0 aromatic carbocycles. The maximum absolute atomic E-state index is 5.58. The molecule has 2 N–H and O–H groups in total. The number of pyridine rings is 1. The number of nitrogen functional groups attached to an aromatic ring is 1. The Labute approximate surface area is 75.0 Å². The molecule has 0 unspecified atom stereocenters. The highest BCUT2D eigenvalue weighted by atomic mass is 79.9. The Morgan fingerprint density at radius 1 is 1.73 bits per heavy atom. The first-order valence-corrected chi connectivity index (χ1v) is 4.44. The van der Waals surface area contributed by atoms with Crippen LogP contribution in [0.2, 0.25) is 0 Å². The molecule has 1 heterocycles. The third kappa shape index (κ3) is 2.89. The Bertz CT molecular complexity index is 235. The number of rotatable bonds is 2. The van der Waals surface area contributed by atoms with Crippen LogP contribution >= 0.6 is 15.9 Å². The van der Waals surface area contributed by atoms with Crippen LogP contribution in [0.15, 0.2) is 18.3 Å². The normalized spacial score (nSPS) is 12.9. The zero-order valence-corrected chi connectivity index (χ0v) is 8.01. The van der Waals surface area contributed by atoms with E-state index in [-0.39, 0.29) is 0 Å². The molecule has 11 heavy (non-hydrogen) atoms. The molecule has 0 saturated heterocycles. The summed E-state index contributed by atoms with van der Waals surface area (Å²) in [5, 5.41) is 0. The van der Waals surface area contributed by atoms with Crippen LogP contribution in [-0.2, 0) is 6.42 Å². The Morgan fingerprint density at radius 3 is 3.00 bits per heavy atom. The van der Waals surface area contributed by atoms with Gasteiger partial charge in [0.1, 0.15) is 0 Å². The number of nitrogens with two attached hydrogens (primary N) is 1. The molecule has 0 aliphatic rings. The molecule has 0 radical (unpaired) electrons. The second kappa shape index (κ2) is 3.72. The Kier molecular flexibility index (Phi) is 2.88. The molecule has 0 bridgehead atoms. The smallest absolute Gasteiger partial charge is 0.0435 e. The van der Waals surface area contributed by atoms with Gasteiger partial charge in [0.05, 0.1) is 0 Å². The molecule has 1 atom stereocenters. The lowest BCUT2D eigenvalue weighted by atomic mass is 10.2. The number of hydrogen-bond donors (Lipinski definition) is 1. The van der Waals surface area contributed by atoms with Gasteiger partial charge in [-0.1, -0.05) is 22.9 Å². The number of anilines is 1. The fourth-order valence-electron chi connectivity index (χ4n) is 0.897. The lowest BCUT2D eigenvalue weighted by molar-refractivity contribution is 0.915. The first kappa shape index (κ1) is 8.53. The minimum Gasteiger partial charge on any atom is -0.399 e. The number of halogens is 1. The lowest BCUT2D eigenvalue weighted by Gasteiger charge is -2.02. The van der Waals surface area contributed by atoms with Crippen molar-refractivity contribution in [1.29, 1.82) is 0 Å². The molecule has 2 nitrogen and oxygen atoms in total. The summed E-state index contributed by atoms with van der Waals surface area (Å²) in [6.45, 7) is 2.09. The van der Waals surface area contributed by atoms with E-state index in [1.54, 1.807) is 12.3 Å². The predicted octanol–water partition coefficient (Wildman–Crippen LogP) is 1.99. The van der Waals surface area contributed by atoms with E-state index in [2.05, 4.69) is 27.8 Å². The van der Waals surface area contributed by atoms with Crippen LogP contribution in [0.5, 0.6) is 0 Å². The van der Waals surface area contributed by atoms with E-state index < -0.39 is 0 Å². The zero-order valence-electron chi connectivity index (χ0n) is 6.42. The first-order valence-electron chi connectivity index (χ1n) is 3.53. The van der Waals surface area contributed by atoms with Gasteiger partial charge in [0.15, 0.2) is 0 Å². The van der Waals surface area contributed by atoms with Gasteiger partial charge in [-0.3, -0.25) is 4.98 Å². The van der Waals surface area contributed by atoms with Crippen molar-refractivity contribution in [3.05, 3.63) is 24.0 Å². The van der Waals surface area contributed by atoms with Gasteiger partial charge in [-0.15, -0.1) is 0 Å². The van der Waals surface area contributed by atoms with E-state index in [0.717, 1.165) is 17.8 Å². The van der Waals surface area contributed by atoms with Crippen molar-refractivity contribution < 1.29 is 0 Å². The summed E-state index contributed by atoms with van der Waals surface area (Å²) >= 11 is 3.45. The molecule has 0 aliphatic heterocycles. The molecule has 3 heteroatoms. The minimum atomic E-state index is 0.455. The van der Waals surface area contributed by atoms with E-state index >= 15 is 0 Å². The van der Waals surface area contributed by atoms with E-state index in [1.807, 2.05) is 6.07 Å². The van der Waals surface area contributed by atoms with Gasteiger partial charge < -0.3 is 5.73 Å². The lowest BCUT2D eigenvalue weighted by Crippen LogP contribution is -1.99. The van der Waals surface area contributed by atoms with E-state index in [0.29, 0.717) is 4.83 Å². The van der Waals surface area contributed by atoms with Crippen LogP contribution in [0.1, 0.15) is 12.6 Å². The summed E-state index contributed by atoms with van der Waals surface area (Å²) in [5.74, 6) is 0. The van der Waals surface area contributed by atoms with Crippen molar-refractivity contribution >= 4 is 21.6 Å². The molecular weight excluding hydrogens is 204 g/mol. The Morgan fingerprint density at radius 2 is 2.45 bits per heavy atom. The third-order valence-electron chi connectivity index (χ3n) is 1.33. The van der Waals surface area contributed by atoms with Crippen LogP contribution in [0.25, 0.3) is 0 Å². The van der Waals surface area contributed by atoms with Crippen LogP contribution < -0.4 is 5.73 Å². The van der Waals surface area contributed by atoms with Crippen molar-refractivity contribution in [3.8, 4) is 0 Å². The highest BCUT2D eigenvalue weighted by Gasteiger charge is 1.99. The maximum Gasteiger partial charge on any atom is 0.0435 e. The summed E-state index contributed by atoms with van der Waals surface area (Å²) in [4.78, 5) is 4.63. The SMILES string of the molecule is C[C@@H](Br)Cc1cc(N)ccn1. The van der Waals surface area contributed by atoms with E-state index in [1.165, 1.54) is 0 Å². The number of nitrogens with zero attached hydrogens (tertiary/aromatic N) is 1. The van der Waals surface area contributed by atoms with Crippen molar-refractivity contribution in [2.24, 2.45) is 0 Å². The quantitative estimate of drug-likeness (QED) is 0.766. The number of alkyl halides is 1.